The summed E-state index contributed by atoms with van der Waals surface area (Å²) in [5.41, 5.74) is 13.7. The molecule has 8 aromatic carbocycles. The van der Waals surface area contributed by atoms with Gasteiger partial charge in [0.1, 0.15) is 29.3 Å². The highest BCUT2D eigenvalue weighted by Gasteiger charge is 2.22. The van der Waals surface area contributed by atoms with E-state index in [0.717, 1.165) is 129 Å². The van der Waals surface area contributed by atoms with Crippen molar-refractivity contribution in [2.45, 2.75) is 65.8 Å². The van der Waals surface area contributed by atoms with Crippen molar-refractivity contribution in [2.75, 3.05) is 62.3 Å². The van der Waals surface area contributed by atoms with Crippen LogP contribution in [-0.4, -0.2) is 106 Å². The van der Waals surface area contributed by atoms with E-state index in [2.05, 4.69) is 88.8 Å². The molecule has 0 aromatic heterocycles. The predicted octanol–water partition coefficient (Wildman–Crippen LogP) is 10.6. The molecule has 11 rings (SSSR count). The first kappa shape index (κ1) is 63.1. The minimum absolute atomic E-state index is 0.125. The van der Waals surface area contributed by atoms with Crippen LogP contribution in [0.1, 0.15) is 66.0 Å². The van der Waals surface area contributed by atoms with E-state index in [9.17, 15) is 9.90 Å². The number of methoxy groups -OCH3 is 6. The summed E-state index contributed by atoms with van der Waals surface area (Å²) in [5.74, 6) is 6.99. The van der Waals surface area contributed by atoms with Crippen molar-refractivity contribution in [2.24, 2.45) is 0 Å². The molecular formula is C68H78BN3O12. The minimum atomic E-state index is -1.35. The maximum absolute atomic E-state index is 10.0. The zero-order valence-electron chi connectivity index (χ0n) is 49.4. The molecule has 0 bridgehead atoms. The number of rotatable bonds is 14. The molecule has 84 heavy (non-hydrogen) atoms. The third-order valence-electron chi connectivity index (χ3n) is 14.4. The van der Waals surface area contributed by atoms with Gasteiger partial charge in [0.05, 0.1) is 42.7 Å². The van der Waals surface area contributed by atoms with Crippen LogP contribution in [0.2, 0.25) is 0 Å². The maximum atomic E-state index is 10.0. The molecule has 0 fully saturated rings. The molecule has 3 aliphatic heterocycles. The summed E-state index contributed by atoms with van der Waals surface area (Å²) in [4.78, 5) is 14.9. The van der Waals surface area contributed by atoms with E-state index in [4.69, 9.17) is 48.3 Å². The number of carbonyl (C=O) groups is 1. The standard InChI is InChI=1S/C25H27NO3.C18H21NO3.C11H15NO2.C7H9BO2.C7H6O2/c1-18-7-9-22(10-8-18)29-23-6-4-5-19(13-23)16-26-12-11-20-14-24(27-2)25(28-3)15-21(20)17-26;1-21-17-9-14-6-7-19(12-15(14)10-18(17)22-2)11-13-4-3-5-16(20)8-13;1-13-10-5-8-3-4-12-7-9(8)6-11(10)14-2;1-6-2-4-7(5-3-6)8(9)10;8-5-6-2-1-3-7(9)4-6/h4-10,13-15H,11-12,16-17H2,1-3H3;3-5,8-10,20H,6-7,11-12H2,1-2H3;5-6,12H,3-4,7H2,1-2H3;2-5,9-10H,1H3;1-5,9H. The highest BCUT2D eigenvalue weighted by atomic mass is 16.5. The van der Waals surface area contributed by atoms with Crippen molar-refractivity contribution in [3.8, 4) is 57.5 Å². The minimum Gasteiger partial charge on any atom is -0.508 e. The molecule has 0 saturated heterocycles. The molecule has 0 unspecified atom stereocenters. The molecule has 0 amide bonds. The fourth-order valence-corrected chi connectivity index (χ4v) is 9.92. The molecule has 440 valence electrons. The van der Waals surface area contributed by atoms with Crippen LogP contribution in [0.3, 0.4) is 0 Å². The van der Waals surface area contributed by atoms with E-state index < -0.39 is 7.12 Å². The van der Waals surface area contributed by atoms with Crippen molar-refractivity contribution in [1.29, 1.82) is 0 Å². The van der Waals surface area contributed by atoms with Gasteiger partial charge in [0.2, 0.25) is 0 Å². The van der Waals surface area contributed by atoms with Crippen molar-refractivity contribution < 1.29 is 58.2 Å². The molecule has 0 radical (unpaired) electrons. The number of carbonyl (C=O) groups excluding carboxylic acids is 1. The molecule has 16 heteroatoms. The van der Waals surface area contributed by atoms with E-state index in [0.29, 0.717) is 23.1 Å². The highest BCUT2D eigenvalue weighted by Crippen LogP contribution is 2.36. The second-order valence-electron chi connectivity index (χ2n) is 20.5. The largest absolute Gasteiger partial charge is 0.508 e. The maximum Gasteiger partial charge on any atom is 0.488 e. The number of ether oxygens (including phenoxy) is 7. The van der Waals surface area contributed by atoms with Crippen LogP contribution in [0.25, 0.3) is 0 Å². The zero-order chi connectivity index (χ0) is 60.0. The van der Waals surface area contributed by atoms with Crippen molar-refractivity contribution in [1.82, 2.24) is 15.1 Å². The summed E-state index contributed by atoms with van der Waals surface area (Å²) in [6, 6.07) is 49.7. The monoisotopic (exact) mass is 1140 g/mol. The van der Waals surface area contributed by atoms with E-state index in [-0.39, 0.29) is 5.75 Å². The zero-order valence-corrected chi connectivity index (χ0v) is 49.4. The van der Waals surface area contributed by atoms with Crippen LogP contribution in [0.5, 0.6) is 57.5 Å². The fraction of sp³-hybridized carbons (Fsp3) is 0.279. The van der Waals surface area contributed by atoms with Gasteiger partial charge in [-0.05, 0) is 175 Å². The normalized spacial score (nSPS) is 13.0. The van der Waals surface area contributed by atoms with Crippen LogP contribution in [0, 0.1) is 13.8 Å². The predicted molar refractivity (Wildman–Crippen MR) is 330 cm³/mol. The third kappa shape index (κ3) is 18.5. The Kier molecular flexibility index (Phi) is 23.9. The Morgan fingerprint density at radius 2 is 0.905 bits per heavy atom. The van der Waals surface area contributed by atoms with Crippen LogP contribution >= 0.6 is 0 Å². The molecule has 5 N–H and O–H groups in total. The molecule has 8 aromatic rings. The van der Waals surface area contributed by atoms with Gasteiger partial charge in [0, 0.05) is 51.4 Å². The first-order valence-corrected chi connectivity index (χ1v) is 27.9. The summed E-state index contributed by atoms with van der Waals surface area (Å²) in [5, 5.41) is 39.0. The number of fused-ring (bicyclic) bond motifs is 3. The van der Waals surface area contributed by atoms with E-state index >= 15 is 0 Å². The average Bonchev–Trinajstić information content (AvgIpc) is 3.57. The number of aldehydes is 1. The Hall–Kier alpha value is -8.51. The van der Waals surface area contributed by atoms with Gasteiger partial charge in [-0.2, -0.15) is 0 Å². The number of hydrogen-bond donors (Lipinski definition) is 5. The average molecular weight is 1140 g/mol. The van der Waals surface area contributed by atoms with E-state index in [1.807, 2.05) is 55.5 Å². The molecule has 3 aliphatic rings. The van der Waals surface area contributed by atoms with Crippen molar-refractivity contribution in [3.63, 3.8) is 0 Å². The van der Waals surface area contributed by atoms with Gasteiger partial charge in [-0.15, -0.1) is 0 Å². The fourth-order valence-electron chi connectivity index (χ4n) is 9.92. The van der Waals surface area contributed by atoms with Gasteiger partial charge in [0.25, 0.3) is 0 Å². The molecule has 0 spiro atoms. The third-order valence-corrected chi connectivity index (χ3v) is 14.4. The number of aromatic hydroxyl groups is 2. The first-order chi connectivity index (χ1) is 40.7. The number of benzene rings is 8. The SMILES string of the molecule is COc1cc2c(cc1OC)CN(Cc1cccc(O)c1)CC2.COc1cc2c(cc1OC)CN(Cc1cccc(Oc3ccc(C)cc3)c1)CC2.COc1cc2c(cc1OC)CNCC2.Cc1ccc(B(O)O)cc1.O=Cc1cccc(O)c1. The van der Waals surface area contributed by atoms with Gasteiger partial charge in [-0.3, -0.25) is 14.6 Å². The quantitative estimate of drug-likeness (QED) is 0.0512. The van der Waals surface area contributed by atoms with Gasteiger partial charge >= 0.3 is 7.12 Å². The summed E-state index contributed by atoms with van der Waals surface area (Å²) in [6.45, 7) is 11.5. The first-order valence-electron chi connectivity index (χ1n) is 27.9. The van der Waals surface area contributed by atoms with Gasteiger partial charge in [0.15, 0.2) is 34.5 Å². The van der Waals surface area contributed by atoms with Crippen LogP contribution in [0.4, 0.5) is 0 Å². The summed E-state index contributed by atoms with van der Waals surface area (Å²) < 4.78 is 38.2. The Morgan fingerprint density at radius 3 is 1.36 bits per heavy atom. The molecular weight excluding hydrogens is 1060 g/mol. The van der Waals surface area contributed by atoms with Gasteiger partial charge < -0.3 is 58.7 Å². The number of aryl methyl sites for hydroxylation is 2. The van der Waals surface area contributed by atoms with Crippen LogP contribution < -0.4 is 43.9 Å². The smallest absolute Gasteiger partial charge is 0.488 e. The van der Waals surface area contributed by atoms with E-state index in [1.54, 1.807) is 73.0 Å². The Labute approximate surface area is 494 Å². The second kappa shape index (κ2) is 31.8. The molecule has 0 atom stereocenters. The van der Waals surface area contributed by atoms with Gasteiger partial charge in [-0.1, -0.05) is 83.9 Å². The number of hydrogen-bond acceptors (Lipinski definition) is 15. The Balaban J connectivity index is 0.000000162. The topological polar surface area (TPSA) is 181 Å². The molecule has 15 nitrogen and oxygen atoms in total. The lowest BCUT2D eigenvalue weighted by Crippen LogP contribution is -2.30. The Morgan fingerprint density at radius 1 is 0.476 bits per heavy atom. The highest BCUT2D eigenvalue weighted by molar-refractivity contribution is 6.58. The molecule has 0 aliphatic carbocycles. The van der Waals surface area contributed by atoms with Crippen LogP contribution in [0.15, 0.2) is 158 Å². The lowest BCUT2D eigenvalue weighted by molar-refractivity contribution is 0.112. The molecule has 3 heterocycles. The number of nitrogens with one attached hydrogen (secondary N) is 1. The van der Waals surface area contributed by atoms with Crippen molar-refractivity contribution >= 4 is 18.9 Å². The summed E-state index contributed by atoms with van der Waals surface area (Å²) in [7, 11) is 8.70. The second-order valence-corrected chi connectivity index (χ2v) is 20.5. The summed E-state index contributed by atoms with van der Waals surface area (Å²) in [6.07, 6.45) is 3.76. The van der Waals surface area contributed by atoms with Gasteiger partial charge in [-0.25, -0.2) is 0 Å². The number of phenols is 2. The number of phenolic OH excluding ortho intramolecular Hbond substituents is 2. The lowest BCUT2D eigenvalue weighted by atomic mass is 9.80. The van der Waals surface area contributed by atoms with Crippen molar-refractivity contribution in [3.05, 3.63) is 219 Å². The summed E-state index contributed by atoms with van der Waals surface area (Å²) >= 11 is 0. The van der Waals surface area contributed by atoms with Crippen LogP contribution in [-0.2, 0) is 52.0 Å². The van der Waals surface area contributed by atoms with E-state index in [1.165, 1.54) is 56.6 Å². The lowest BCUT2D eigenvalue weighted by Gasteiger charge is -2.29. The molecule has 0 saturated carbocycles. The number of nitrogens with zero attached hydrogens (tertiary/aromatic N) is 2. The Bertz CT molecular complexity index is 3330.